The van der Waals surface area contributed by atoms with E-state index in [-0.39, 0.29) is 17.1 Å². The molecule has 1 aromatic rings. The van der Waals surface area contributed by atoms with Gasteiger partial charge < -0.3 is 15.6 Å². The number of anilines is 1. The van der Waals surface area contributed by atoms with Crippen molar-refractivity contribution in [1.29, 1.82) is 0 Å². The number of carbonyl (C=O) groups excluding carboxylic acids is 1. The number of amides is 1. The summed E-state index contributed by atoms with van der Waals surface area (Å²) < 4.78 is 0. The normalized spacial score (nSPS) is 10.2. The van der Waals surface area contributed by atoms with Gasteiger partial charge in [0, 0.05) is 12.1 Å². The minimum Gasteiger partial charge on any atom is -0.506 e. The molecular weight excluding hydrogens is 218 g/mol. The van der Waals surface area contributed by atoms with Crippen molar-refractivity contribution in [2.75, 3.05) is 5.32 Å². The summed E-state index contributed by atoms with van der Waals surface area (Å²) in [5.41, 5.74) is -0.423. The van der Waals surface area contributed by atoms with Gasteiger partial charge in [-0.05, 0) is 6.07 Å². The Hall–Kier alpha value is -2.64. The van der Waals surface area contributed by atoms with E-state index in [9.17, 15) is 20.0 Å². The van der Waals surface area contributed by atoms with Crippen LogP contribution < -0.4 is 5.32 Å². The number of phenols is 1. The zero-order chi connectivity index (χ0) is 12.1. The van der Waals surface area contributed by atoms with Gasteiger partial charge in [-0.2, -0.15) is 0 Å². The molecule has 0 aromatic heterocycles. The molecule has 0 radical (unpaired) electrons. The lowest BCUT2D eigenvalue weighted by atomic mass is 10.2. The smallest absolute Gasteiger partial charge is 0.271 e. The number of rotatable bonds is 3. The zero-order valence-corrected chi connectivity index (χ0v) is 7.82. The first kappa shape index (κ1) is 11.4. The number of phenolic OH excluding ortho intramolecular Hbond substituents is 1. The van der Waals surface area contributed by atoms with Crippen LogP contribution in [0.2, 0.25) is 0 Å². The molecular formula is C8H7N3O5. The Balaban J connectivity index is 2.98. The number of hydrogen-bond acceptors (Lipinski definition) is 6. The number of nitro groups is 1. The van der Waals surface area contributed by atoms with Crippen LogP contribution in [-0.4, -0.2) is 27.4 Å². The van der Waals surface area contributed by atoms with Crippen molar-refractivity contribution in [3.05, 3.63) is 28.3 Å². The molecule has 0 bridgehead atoms. The third-order valence-electron chi connectivity index (χ3n) is 1.62. The molecule has 1 rings (SSSR count). The lowest BCUT2D eigenvalue weighted by Crippen LogP contribution is -2.12. The van der Waals surface area contributed by atoms with Crippen molar-refractivity contribution < 1.29 is 20.0 Å². The molecule has 0 saturated heterocycles. The van der Waals surface area contributed by atoms with Crippen LogP contribution in [0.15, 0.2) is 23.4 Å². The highest BCUT2D eigenvalue weighted by molar-refractivity contribution is 6.31. The number of nitrogens with one attached hydrogen (secondary N) is 1. The second-order valence-corrected chi connectivity index (χ2v) is 2.69. The van der Waals surface area contributed by atoms with Crippen molar-refractivity contribution in [3.8, 4) is 5.75 Å². The van der Waals surface area contributed by atoms with E-state index < -0.39 is 10.8 Å². The lowest BCUT2D eigenvalue weighted by Gasteiger charge is -2.03. The Morgan fingerprint density at radius 1 is 1.56 bits per heavy atom. The Kier molecular flexibility index (Phi) is 3.38. The van der Waals surface area contributed by atoms with Gasteiger partial charge >= 0.3 is 0 Å². The van der Waals surface area contributed by atoms with Crippen LogP contribution in [0.4, 0.5) is 11.4 Å². The number of hydrogen-bond donors (Lipinski definition) is 3. The quantitative estimate of drug-likeness (QED) is 0.229. The summed E-state index contributed by atoms with van der Waals surface area (Å²) in [5.74, 6) is -1.15. The summed E-state index contributed by atoms with van der Waals surface area (Å²) >= 11 is 0. The minimum atomic E-state index is -0.821. The van der Waals surface area contributed by atoms with E-state index in [1.54, 1.807) is 0 Å². The molecule has 0 fully saturated rings. The van der Waals surface area contributed by atoms with Crippen molar-refractivity contribution in [2.24, 2.45) is 5.16 Å². The molecule has 0 heterocycles. The van der Waals surface area contributed by atoms with Crippen molar-refractivity contribution >= 4 is 23.5 Å². The van der Waals surface area contributed by atoms with E-state index in [0.717, 1.165) is 18.2 Å². The summed E-state index contributed by atoms with van der Waals surface area (Å²) in [6.07, 6.45) is 0.554. The van der Waals surface area contributed by atoms with Gasteiger partial charge in [-0.1, -0.05) is 5.16 Å². The SMILES string of the molecule is O=C(/C=N/O)Nc1cc([N+](=O)[O-])ccc1O. The molecule has 0 spiro atoms. The molecule has 8 heteroatoms. The van der Waals surface area contributed by atoms with Crippen LogP contribution in [-0.2, 0) is 4.79 Å². The fourth-order valence-corrected chi connectivity index (χ4v) is 0.955. The van der Waals surface area contributed by atoms with E-state index in [0.29, 0.717) is 6.21 Å². The topological polar surface area (TPSA) is 125 Å². The lowest BCUT2D eigenvalue weighted by molar-refractivity contribution is -0.384. The molecule has 0 aliphatic carbocycles. The number of aromatic hydroxyl groups is 1. The Morgan fingerprint density at radius 2 is 2.25 bits per heavy atom. The Labute approximate surface area is 89.0 Å². The molecule has 84 valence electrons. The first-order valence-electron chi connectivity index (χ1n) is 4.00. The highest BCUT2D eigenvalue weighted by atomic mass is 16.6. The van der Waals surface area contributed by atoms with Gasteiger partial charge in [0.05, 0.1) is 10.6 Å². The minimum absolute atomic E-state index is 0.140. The molecule has 0 saturated carbocycles. The van der Waals surface area contributed by atoms with E-state index in [1.165, 1.54) is 0 Å². The number of nitro benzene ring substituents is 1. The van der Waals surface area contributed by atoms with E-state index >= 15 is 0 Å². The first-order chi connectivity index (χ1) is 7.54. The maximum Gasteiger partial charge on any atom is 0.271 e. The van der Waals surface area contributed by atoms with Gasteiger partial charge in [-0.25, -0.2) is 0 Å². The van der Waals surface area contributed by atoms with Gasteiger partial charge in [0.2, 0.25) is 0 Å². The first-order valence-corrected chi connectivity index (χ1v) is 4.00. The van der Waals surface area contributed by atoms with Crippen molar-refractivity contribution in [1.82, 2.24) is 0 Å². The molecule has 0 unspecified atom stereocenters. The molecule has 0 atom stereocenters. The summed E-state index contributed by atoms with van der Waals surface area (Å²) in [6, 6.07) is 3.15. The highest BCUT2D eigenvalue weighted by Gasteiger charge is 2.11. The fraction of sp³-hybridized carbons (Fsp3) is 0. The highest BCUT2D eigenvalue weighted by Crippen LogP contribution is 2.27. The number of nitrogens with zero attached hydrogens (tertiary/aromatic N) is 2. The van der Waals surface area contributed by atoms with E-state index in [1.807, 2.05) is 0 Å². The molecule has 0 aliphatic heterocycles. The summed E-state index contributed by atoms with van der Waals surface area (Å²) in [7, 11) is 0. The van der Waals surface area contributed by atoms with Gasteiger partial charge in [-0.3, -0.25) is 14.9 Å². The molecule has 3 N–H and O–H groups in total. The zero-order valence-electron chi connectivity index (χ0n) is 7.82. The van der Waals surface area contributed by atoms with Crippen LogP contribution in [0.25, 0.3) is 0 Å². The monoisotopic (exact) mass is 225 g/mol. The summed E-state index contributed by atoms with van der Waals surface area (Å²) in [5, 5.41) is 32.3. The van der Waals surface area contributed by atoms with Gasteiger partial charge in [-0.15, -0.1) is 0 Å². The Bertz CT molecular complexity index is 457. The van der Waals surface area contributed by atoms with Crippen LogP contribution in [0.3, 0.4) is 0 Å². The number of carbonyl (C=O) groups is 1. The second-order valence-electron chi connectivity index (χ2n) is 2.69. The Morgan fingerprint density at radius 3 is 2.81 bits per heavy atom. The van der Waals surface area contributed by atoms with Crippen molar-refractivity contribution in [3.63, 3.8) is 0 Å². The van der Waals surface area contributed by atoms with Crippen LogP contribution in [0, 0.1) is 10.1 Å². The standard InChI is InChI=1S/C8H7N3O5/c12-7-2-1-5(11(15)16)3-6(7)10-8(13)4-9-14/h1-4,12,14H,(H,10,13)/b9-4+. The average Bonchev–Trinajstić information content (AvgIpc) is 2.21. The molecule has 1 amide bonds. The van der Waals surface area contributed by atoms with Gasteiger partial charge in [0.25, 0.3) is 11.6 Å². The van der Waals surface area contributed by atoms with Crippen LogP contribution in [0.1, 0.15) is 0 Å². The number of oxime groups is 1. The maximum absolute atomic E-state index is 10.9. The predicted molar refractivity (Wildman–Crippen MR) is 53.7 cm³/mol. The van der Waals surface area contributed by atoms with Crippen molar-refractivity contribution in [2.45, 2.75) is 0 Å². The predicted octanol–water partition coefficient (Wildman–Crippen LogP) is 0.699. The van der Waals surface area contributed by atoms with Crippen LogP contribution >= 0.6 is 0 Å². The molecule has 1 aromatic carbocycles. The molecule has 0 aliphatic rings. The maximum atomic E-state index is 10.9. The third-order valence-corrected chi connectivity index (χ3v) is 1.62. The molecule has 8 nitrogen and oxygen atoms in total. The fourth-order valence-electron chi connectivity index (χ4n) is 0.955. The summed E-state index contributed by atoms with van der Waals surface area (Å²) in [6.45, 7) is 0. The largest absolute Gasteiger partial charge is 0.506 e. The van der Waals surface area contributed by atoms with Gasteiger partial charge in [0.1, 0.15) is 12.0 Å². The third kappa shape index (κ3) is 2.67. The summed E-state index contributed by atoms with van der Waals surface area (Å²) in [4.78, 5) is 20.7. The second kappa shape index (κ2) is 4.73. The van der Waals surface area contributed by atoms with E-state index in [4.69, 9.17) is 5.21 Å². The average molecular weight is 225 g/mol. The number of non-ortho nitro benzene ring substituents is 1. The van der Waals surface area contributed by atoms with E-state index in [2.05, 4.69) is 10.5 Å². The van der Waals surface area contributed by atoms with Gasteiger partial charge in [0.15, 0.2) is 0 Å². The number of benzene rings is 1. The van der Waals surface area contributed by atoms with Crippen LogP contribution in [0.5, 0.6) is 5.75 Å². The molecule has 16 heavy (non-hydrogen) atoms.